The molecule has 6 N–H and O–H groups in total. The van der Waals surface area contributed by atoms with E-state index >= 15 is 0 Å². The van der Waals surface area contributed by atoms with Crippen LogP contribution < -0.4 is 35.9 Å². The summed E-state index contributed by atoms with van der Waals surface area (Å²) in [5, 5.41) is 10.9. The Morgan fingerprint density at radius 1 is 1.38 bits per heavy atom. The molecule has 80 valence electrons. The van der Waals surface area contributed by atoms with Crippen LogP contribution in [0, 0.1) is 5.92 Å². The van der Waals surface area contributed by atoms with Crippen LogP contribution in [0.25, 0.3) is 0 Å². The van der Waals surface area contributed by atoms with Gasteiger partial charge < -0.3 is 41.0 Å². The molecule has 0 aromatic heterocycles. The van der Waals surface area contributed by atoms with Crippen molar-refractivity contribution in [2.24, 2.45) is 5.92 Å². The molecule has 1 heterocycles. The average Bonchev–Trinajstić information content (AvgIpc) is 2.05. The van der Waals surface area contributed by atoms with Crippen LogP contribution in [0.2, 0.25) is 0 Å². The minimum atomic E-state index is -0.753. The Kier molecular flexibility index (Phi) is 8.77. The molecule has 13 heavy (non-hydrogen) atoms. The van der Waals surface area contributed by atoms with Gasteiger partial charge >= 0.3 is 5.97 Å². The average molecular weight is 231 g/mol. The van der Waals surface area contributed by atoms with Crippen LogP contribution in [0.5, 0.6) is 0 Å². The second kappa shape index (κ2) is 7.38. The Bertz CT molecular complexity index is 151. The van der Waals surface area contributed by atoms with E-state index in [9.17, 15) is 4.79 Å². The predicted molar refractivity (Wildman–Crippen MR) is 38.7 cm³/mol. The van der Waals surface area contributed by atoms with E-state index in [2.05, 4.69) is 11.1 Å². The van der Waals surface area contributed by atoms with Gasteiger partial charge in [0.25, 0.3) is 0 Å². The number of rotatable bonds is 2. The highest BCUT2D eigenvalue weighted by Crippen LogP contribution is 2.10. The molecule has 0 aliphatic carbocycles. The molecule has 0 radical (unpaired) electrons. The summed E-state index contributed by atoms with van der Waals surface area (Å²) in [5.41, 5.74) is 3.65. The summed E-state index contributed by atoms with van der Waals surface area (Å²) in [7, 11) is 0. The van der Waals surface area contributed by atoms with E-state index in [0.717, 1.165) is 25.9 Å². The van der Waals surface area contributed by atoms with Crippen molar-refractivity contribution in [3.8, 4) is 0 Å². The Hall–Kier alpha value is -0.0300. The standard InChI is InChI=1S/C7H14N2O2.2ClH/c8-6(7(10)11)5-1-3-9-4-2-5;;/h5-6,9H,1-4,8H2,(H,10,11);2*1H/t6-;;/m1../s1. The SMILES string of the molecule is [Cl-].[Cl-].[NH3+][C@@H](C(=O)O)C1CC[NH2+]CC1. The first-order valence-electron chi connectivity index (χ1n) is 4.09. The number of hydrogen-bond acceptors (Lipinski definition) is 1. The zero-order valence-electron chi connectivity index (χ0n) is 7.38. The lowest BCUT2D eigenvalue weighted by molar-refractivity contribution is -0.667. The second-order valence-electron chi connectivity index (χ2n) is 3.15. The number of carboxylic acid groups (broad SMARTS) is 1. The summed E-state index contributed by atoms with van der Waals surface area (Å²) in [6, 6.07) is -0.399. The molecule has 0 unspecified atom stereocenters. The van der Waals surface area contributed by atoms with Crippen LogP contribution in [-0.4, -0.2) is 30.2 Å². The maximum Gasteiger partial charge on any atom is 0.362 e. The first-order chi connectivity index (χ1) is 5.22. The number of carboxylic acids is 1. The fourth-order valence-electron chi connectivity index (χ4n) is 1.56. The van der Waals surface area contributed by atoms with Crippen LogP contribution in [0.1, 0.15) is 12.8 Å². The highest BCUT2D eigenvalue weighted by Gasteiger charge is 2.30. The van der Waals surface area contributed by atoms with Gasteiger partial charge in [0.15, 0.2) is 6.04 Å². The van der Waals surface area contributed by atoms with Crippen molar-refractivity contribution in [2.75, 3.05) is 13.1 Å². The van der Waals surface area contributed by atoms with Crippen LogP contribution in [0.4, 0.5) is 0 Å². The number of aliphatic carboxylic acids is 1. The number of piperidine rings is 1. The molecule has 0 amide bonds. The first-order valence-corrected chi connectivity index (χ1v) is 4.09. The van der Waals surface area contributed by atoms with Gasteiger partial charge in [0.05, 0.1) is 13.1 Å². The molecule has 0 aromatic carbocycles. The Morgan fingerprint density at radius 2 is 1.85 bits per heavy atom. The summed E-state index contributed by atoms with van der Waals surface area (Å²) < 4.78 is 0. The molecule has 6 heteroatoms. The number of halogens is 2. The van der Waals surface area contributed by atoms with Gasteiger partial charge in [-0.2, -0.15) is 0 Å². The summed E-state index contributed by atoms with van der Waals surface area (Å²) in [6.07, 6.45) is 2.00. The summed E-state index contributed by atoms with van der Waals surface area (Å²) in [6.45, 7) is 2.12. The minimum Gasteiger partial charge on any atom is -1.00 e. The lowest BCUT2D eigenvalue weighted by Gasteiger charge is -2.20. The third-order valence-electron chi connectivity index (χ3n) is 2.37. The van der Waals surface area contributed by atoms with Crippen molar-refractivity contribution < 1.29 is 45.8 Å². The summed E-state index contributed by atoms with van der Waals surface area (Å²) in [4.78, 5) is 10.5. The quantitative estimate of drug-likeness (QED) is 0.441. The molecule has 1 rings (SSSR count). The predicted octanol–water partition coefficient (Wildman–Crippen LogP) is -8.34. The van der Waals surface area contributed by atoms with Gasteiger partial charge in [-0.1, -0.05) is 0 Å². The Balaban J connectivity index is 0. The van der Waals surface area contributed by atoms with E-state index in [1.165, 1.54) is 0 Å². The van der Waals surface area contributed by atoms with E-state index in [4.69, 9.17) is 5.11 Å². The van der Waals surface area contributed by atoms with Crippen LogP contribution in [-0.2, 0) is 4.79 Å². The summed E-state index contributed by atoms with van der Waals surface area (Å²) >= 11 is 0. The highest BCUT2D eigenvalue weighted by atomic mass is 35.5. The van der Waals surface area contributed by atoms with Crippen molar-refractivity contribution in [1.29, 1.82) is 0 Å². The Morgan fingerprint density at radius 3 is 2.23 bits per heavy atom. The van der Waals surface area contributed by atoms with Crippen molar-refractivity contribution >= 4 is 5.97 Å². The van der Waals surface area contributed by atoms with Crippen molar-refractivity contribution in [3.63, 3.8) is 0 Å². The lowest BCUT2D eigenvalue weighted by Crippen LogP contribution is -3.00. The molecule has 0 aromatic rings. The van der Waals surface area contributed by atoms with Crippen LogP contribution in [0.3, 0.4) is 0 Å². The monoisotopic (exact) mass is 230 g/mol. The van der Waals surface area contributed by atoms with Gasteiger partial charge in [-0.3, -0.25) is 0 Å². The normalized spacial score (nSPS) is 19.5. The number of carbonyl (C=O) groups is 1. The largest absolute Gasteiger partial charge is 1.00 e. The fourth-order valence-corrected chi connectivity index (χ4v) is 1.56. The molecule has 1 atom stereocenters. The third kappa shape index (κ3) is 4.67. The molecule has 0 saturated carbocycles. The smallest absolute Gasteiger partial charge is 0.362 e. The Labute approximate surface area is 90.1 Å². The molecule has 0 spiro atoms. The molecular formula is C7H16Cl2N2O2. The van der Waals surface area contributed by atoms with Gasteiger partial charge in [-0.05, 0) is 0 Å². The minimum absolute atomic E-state index is 0. The van der Waals surface area contributed by atoms with E-state index in [-0.39, 0.29) is 24.8 Å². The van der Waals surface area contributed by atoms with Gasteiger partial charge in [0.2, 0.25) is 0 Å². The van der Waals surface area contributed by atoms with Gasteiger partial charge in [0, 0.05) is 18.8 Å². The number of nitrogens with two attached hydrogens (primary N) is 1. The van der Waals surface area contributed by atoms with E-state index in [1.54, 1.807) is 0 Å². The van der Waals surface area contributed by atoms with E-state index < -0.39 is 12.0 Å². The zero-order valence-corrected chi connectivity index (χ0v) is 8.89. The first kappa shape index (κ1) is 15.4. The number of quaternary nitrogens is 2. The third-order valence-corrected chi connectivity index (χ3v) is 2.37. The molecule has 0 bridgehead atoms. The number of hydrogen-bond donors (Lipinski definition) is 3. The summed E-state index contributed by atoms with van der Waals surface area (Å²) in [5.74, 6) is -0.450. The molecule has 4 nitrogen and oxygen atoms in total. The topological polar surface area (TPSA) is 81.5 Å². The maximum absolute atomic E-state index is 10.5. The van der Waals surface area contributed by atoms with Crippen molar-refractivity contribution in [1.82, 2.24) is 0 Å². The molecule has 1 fully saturated rings. The zero-order chi connectivity index (χ0) is 8.27. The molecular weight excluding hydrogens is 215 g/mol. The van der Waals surface area contributed by atoms with Crippen LogP contribution >= 0.6 is 0 Å². The van der Waals surface area contributed by atoms with E-state index in [1.807, 2.05) is 0 Å². The lowest BCUT2D eigenvalue weighted by atomic mass is 9.91. The maximum atomic E-state index is 10.5. The molecule has 1 saturated heterocycles. The van der Waals surface area contributed by atoms with Crippen molar-refractivity contribution in [3.05, 3.63) is 0 Å². The second-order valence-corrected chi connectivity index (χ2v) is 3.15. The highest BCUT2D eigenvalue weighted by molar-refractivity contribution is 5.71. The van der Waals surface area contributed by atoms with Gasteiger partial charge in [-0.15, -0.1) is 0 Å². The van der Waals surface area contributed by atoms with Crippen molar-refractivity contribution in [2.45, 2.75) is 18.9 Å². The molecule has 1 aliphatic rings. The van der Waals surface area contributed by atoms with E-state index in [0.29, 0.717) is 5.92 Å². The van der Waals surface area contributed by atoms with Gasteiger partial charge in [0.1, 0.15) is 0 Å². The van der Waals surface area contributed by atoms with Crippen LogP contribution in [0.15, 0.2) is 0 Å². The fraction of sp³-hybridized carbons (Fsp3) is 0.857. The van der Waals surface area contributed by atoms with Gasteiger partial charge in [-0.25, -0.2) is 4.79 Å². The molecule has 1 aliphatic heterocycles.